The quantitative estimate of drug-likeness (QED) is 0.238. The molecular weight excluding hydrogens is 406 g/mol. The molecular formula is C29H31N3O. The van der Waals surface area contributed by atoms with Gasteiger partial charge in [0.05, 0.1) is 17.1 Å². The number of rotatable bonds is 10. The van der Waals surface area contributed by atoms with Gasteiger partial charge in [-0.25, -0.2) is 4.98 Å². The van der Waals surface area contributed by atoms with E-state index < -0.39 is 0 Å². The molecule has 1 N–H and O–H groups in total. The molecule has 1 atom stereocenters. The maximum Gasteiger partial charge on any atom is 0.243 e. The Labute approximate surface area is 196 Å². The van der Waals surface area contributed by atoms with Crippen molar-refractivity contribution >= 4 is 23.0 Å². The van der Waals surface area contributed by atoms with Gasteiger partial charge >= 0.3 is 0 Å². The standard InChI is InChI=1S/C29H31N3O/c1-23(25-15-7-3-8-16-25)32-27-18-11-10-17-26(27)31-28(32)19-9-4-12-22-30-29(33)21-20-24-13-5-2-6-14-24/h2-3,5-8,10-11,13-18,20-21,23H,4,9,12,19,22H2,1H3,(H,30,33)/b21-20+. The molecule has 0 spiro atoms. The number of nitrogens with zero attached hydrogens (tertiary/aromatic N) is 2. The van der Waals surface area contributed by atoms with Crippen molar-refractivity contribution in [3.05, 3.63) is 108 Å². The fraction of sp³-hybridized carbons (Fsp3) is 0.241. The third kappa shape index (κ3) is 5.98. The molecule has 0 fully saturated rings. The molecule has 168 valence electrons. The van der Waals surface area contributed by atoms with E-state index in [4.69, 9.17) is 4.98 Å². The minimum absolute atomic E-state index is 0.0441. The molecule has 0 radical (unpaired) electrons. The second-order valence-electron chi connectivity index (χ2n) is 8.32. The van der Waals surface area contributed by atoms with Crippen LogP contribution in [0.25, 0.3) is 17.1 Å². The van der Waals surface area contributed by atoms with E-state index in [0.717, 1.165) is 42.6 Å². The molecule has 0 aliphatic rings. The van der Waals surface area contributed by atoms with Gasteiger partial charge in [-0.15, -0.1) is 0 Å². The number of nitrogens with one attached hydrogen (secondary N) is 1. The third-order valence-corrected chi connectivity index (χ3v) is 5.94. The van der Waals surface area contributed by atoms with Crippen LogP contribution in [0, 0.1) is 0 Å². The van der Waals surface area contributed by atoms with E-state index >= 15 is 0 Å². The van der Waals surface area contributed by atoms with Crippen molar-refractivity contribution in [1.29, 1.82) is 0 Å². The highest BCUT2D eigenvalue weighted by Crippen LogP contribution is 2.26. The van der Waals surface area contributed by atoms with E-state index in [9.17, 15) is 4.79 Å². The van der Waals surface area contributed by atoms with E-state index in [1.54, 1.807) is 6.08 Å². The second-order valence-corrected chi connectivity index (χ2v) is 8.32. The summed E-state index contributed by atoms with van der Waals surface area (Å²) in [6, 6.07) is 29.1. The summed E-state index contributed by atoms with van der Waals surface area (Å²) in [5.41, 5.74) is 4.54. The zero-order valence-electron chi connectivity index (χ0n) is 19.2. The average molecular weight is 438 g/mol. The number of aryl methyl sites for hydroxylation is 1. The molecule has 0 saturated heterocycles. The lowest BCUT2D eigenvalue weighted by Crippen LogP contribution is -2.22. The van der Waals surface area contributed by atoms with Crippen molar-refractivity contribution in [2.24, 2.45) is 0 Å². The number of hydrogen-bond acceptors (Lipinski definition) is 2. The zero-order chi connectivity index (χ0) is 22.9. The number of carbonyl (C=O) groups excluding carboxylic acids is 1. The first-order chi connectivity index (χ1) is 16.2. The van der Waals surface area contributed by atoms with Crippen LogP contribution in [0.5, 0.6) is 0 Å². The highest BCUT2D eigenvalue weighted by atomic mass is 16.1. The summed E-state index contributed by atoms with van der Waals surface area (Å²) in [5.74, 6) is 1.08. The van der Waals surface area contributed by atoms with Gasteiger partial charge in [0.15, 0.2) is 0 Å². The molecule has 4 aromatic rings. The Bertz CT molecular complexity index is 1200. The van der Waals surface area contributed by atoms with Gasteiger partial charge in [-0.05, 0) is 49.1 Å². The molecule has 3 aromatic carbocycles. The van der Waals surface area contributed by atoms with Crippen molar-refractivity contribution in [3.8, 4) is 0 Å². The molecule has 4 heteroatoms. The van der Waals surface area contributed by atoms with Crippen LogP contribution in [0.15, 0.2) is 91.0 Å². The second kappa shape index (κ2) is 11.3. The summed E-state index contributed by atoms with van der Waals surface area (Å²) in [5, 5.41) is 2.98. The van der Waals surface area contributed by atoms with Crippen molar-refractivity contribution < 1.29 is 4.79 Å². The number of hydrogen-bond donors (Lipinski definition) is 1. The summed E-state index contributed by atoms with van der Waals surface area (Å²) in [6.45, 7) is 2.93. The number of benzene rings is 3. The largest absolute Gasteiger partial charge is 0.353 e. The molecule has 1 unspecified atom stereocenters. The minimum Gasteiger partial charge on any atom is -0.353 e. The fourth-order valence-electron chi connectivity index (χ4n) is 4.17. The summed E-state index contributed by atoms with van der Waals surface area (Å²) in [4.78, 5) is 17.0. The van der Waals surface area contributed by atoms with Crippen LogP contribution < -0.4 is 5.32 Å². The maximum atomic E-state index is 12.0. The summed E-state index contributed by atoms with van der Waals surface area (Å²) < 4.78 is 2.38. The normalized spacial score (nSPS) is 12.3. The SMILES string of the molecule is CC(c1ccccc1)n1c(CCCCCNC(=O)/C=C/c2ccccc2)nc2ccccc21. The highest BCUT2D eigenvalue weighted by molar-refractivity contribution is 5.91. The van der Waals surface area contributed by atoms with Crippen molar-refractivity contribution in [1.82, 2.24) is 14.9 Å². The van der Waals surface area contributed by atoms with E-state index in [2.05, 4.69) is 65.3 Å². The van der Waals surface area contributed by atoms with Gasteiger partial charge in [-0.1, -0.05) is 79.2 Å². The first-order valence-corrected chi connectivity index (χ1v) is 11.7. The van der Waals surface area contributed by atoms with Gasteiger partial charge in [0.1, 0.15) is 5.82 Å². The number of amides is 1. The highest BCUT2D eigenvalue weighted by Gasteiger charge is 2.16. The number of aromatic nitrogens is 2. The number of fused-ring (bicyclic) bond motifs is 1. The Morgan fingerprint density at radius 2 is 1.61 bits per heavy atom. The topological polar surface area (TPSA) is 46.9 Å². The molecule has 0 bridgehead atoms. The van der Waals surface area contributed by atoms with Gasteiger partial charge in [0.2, 0.25) is 5.91 Å². The van der Waals surface area contributed by atoms with Gasteiger partial charge in [0, 0.05) is 19.0 Å². The molecule has 1 heterocycles. The Hall–Kier alpha value is -3.66. The molecule has 1 amide bonds. The summed E-state index contributed by atoms with van der Waals surface area (Å²) in [7, 11) is 0. The molecule has 0 aliphatic carbocycles. The fourth-order valence-corrected chi connectivity index (χ4v) is 4.17. The Morgan fingerprint density at radius 1 is 0.909 bits per heavy atom. The van der Waals surface area contributed by atoms with Gasteiger partial charge in [-0.2, -0.15) is 0 Å². The van der Waals surface area contributed by atoms with Crippen molar-refractivity contribution in [2.75, 3.05) is 6.54 Å². The van der Waals surface area contributed by atoms with Gasteiger partial charge in [-0.3, -0.25) is 4.79 Å². The van der Waals surface area contributed by atoms with Crippen molar-refractivity contribution in [3.63, 3.8) is 0 Å². The zero-order valence-corrected chi connectivity index (χ0v) is 19.2. The molecule has 4 rings (SSSR count). The van der Waals surface area contributed by atoms with Crippen LogP contribution in [-0.4, -0.2) is 22.0 Å². The smallest absolute Gasteiger partial charge is 0.243 e. The van der Waals surface area contributed by atoms with E-state index in [0.29, 0.717) is 6.54 Å². The van der Waals surface area contributed by atoms with E-state index in [1.165, 1.54) is 11.1 Å². The average Bonchev–Trinajstić information content (AvgIpc) is 3.23. The van der Waals surface area contributed by atoms with Crippen LogP contribution in [0.3, 0.4) is 0 Å². The van der Waals surface area contributed by atoms with Gasteiger partial charge < -0.3 is 9.88 Å². The van der Waals surface area contributed by atoms with E-state index in [1.807, 2.05) is 42.5 Å². The number of carbonyl (C=O) groups is 1. The Balaban J connectivity index is 1.30. The minimum atomic E-state index is -0.0441. The summed E-state index contributed by atoms with van der Waals surface area (Å²) >= 11 is 0. The monoisotopic (exact) mass is 437 g/mol. The number of para-hydroxylation sites is 2. The lowest BCUT2D eigenvalue weighted by molar-refractivity contribution is -0.116. The van der Waals surface area contributed by atoms with Crippen LogP contribution in [0.2, 0.25) is 0 Å². The van der Waals surface area contributed by atoms with Gasteiger partial charge in [0.25, 0.3) is 0 Å². The third-order valence-electron chi connectivity index (χ3n) is 5.94. The van der Waals surface area contributed by atoms with Crippen LogP contribution >= 0.6 is 0 Å². The maximum absolute atomic E-state index is 12.0. The number of unbranched alkanes of at least 4 members (excludes halogenated alkanes) is 2. The lowest BCUT2D eigenvalue weighted by atomic mass is 10.1. The molecule has 0 aliphatic heterocycles. The summed E-state index contributed by atoms with van der Waals surface area (Å²) in [6.07, 6.45) is 7.41. The van der Waals surface area contributed by atoms with E-state index in [-0.39, 0.29) is 11.9 Å². The predicted molar refractivity (Wildman–Crippen MR) is 136 cm³/mol. The molecule has 0 saturated carbocycles. The molecule has 4 nitrogen and oxygen atoms in total. The van der Waals surface area contributed by atoms with Crippen LogP contribution in [0.4, 0.5) is 0 Å². The Morgan fingerprint density at radius 3 is 2.39 bits per heavy atom. The Kier molecular flexibility index (Phi) is 7.70. The van der Waals surface area contributed by atoms with Crippen molar-refractivity contribution in [2.45, 2.75) is 38.6 Å². The molecule has 33 heavy (non-hydrogen) atoms. The predicted octanol–water partition coefficient (Wildman–Crippen LogP) is 6.19. The van der Waals surface area contributed by atoms with Crippen LogP contribution in [0.1, 0.15) is 49.2 Å². The van der Waals surface area contributed by atoms with Crippen LogP contribution in [-0.2, 0) is 11.2 Å². The first-order valence-electron chi connectivity index (χ1n) is 11.7. The number of imidazole rings is 1. The molecule has 1 aromatic heterocycles. The lowest BCUT2D eigenvalue weighted by Gasteiger charge is -2.18. The first kappa shape index (κ1) is 22.5.